The van der Waals surface area contributed by atoms with Crippen molar-refractivity contribution in [2.75, 3.05) is 24.5 Å². The van der Waals surface area contributed by atoms with Crippen molar-refractivity contribution >= 4 is 17.7 Å². The minimum atomic E-state index is -1.06. The van der Waals surface area contributed by atoms with Crippen molar-refractivity contribution in [3.8, 4) is 0 Å². The molecule has 0 spiro atoms. The van der Waals surface area contributed by atoms with E-state index in [0.717, 1.165) is 0 Å². The third kappa shape index (κ3) is 5.06. The Hall–Kier alpha value is -2.11. The number of anilines is 1. The molecular formula is C15H21FN2O3. The zero-order chi connectivity index (χ0) is 16.0. The Kier molecular flexibility index (Phi) is 6.14. The van der Waals surface area contributed by atoms with E-state index in [-0.39, 0.29) is 24.3 Å². The van der Waals surface area contributed by atoms with Crippen LogP contribution >= 0.6 is 0 Å². The van der Waals surface area contributed by atoms with Gasteiger partial charge in [-0.05, 0) is 37.1 Å². The summed E-state index contributed by atoms with van der Waals surface area (Å²) in [6.07, 6.45) is 0. The molecular weight excluding hydrogens is 275 g/mol. The monoisotopic (exact) mass is 296 g/mol. The first-order chi connectivity index (χ1) is 9.85. The maximum Gasteiger partial charge on any atom is 0.325 e. The molecule has 0 heterocycles. The molecule has 116 valence electrons. The lowest BCUT2D eigenvalue weighted by Crippen LogP contribution is -2.47. The van der Waals surface area contributed by atoms with Crippen molar-refractivity contribution in [1.82, 2.24) is 4.90 Å². The van der Waals surface area contributed by atoms with E-state index >= 15 is 0 Å². The van der Waals surface area contributed by atoms with E-state index in [9.17, 15) is 14.0 Å². The van der Waals surface area contributed by atoms with Crippen molar-refractivity contribution in [1.29, 1.82) is 0 Å². The number of rotatable bonds is 6. The van der Waals surface area contributed by atoms with Crippen LogP contribution in [0.25, 0.3) is 0 Å². The summed E-state index contributed by atoms with van der Waals surface area (Å²) in [7, 11) is 0. The Bertz CT molecular complexity index is 488. The van der Waals surface area contributed by atoms with Gasteiger partial charge in [-0.2, -0.15) is 0 Å². The van der Waals surface area contributed by atoms with Gasteiger partial charge in [0.05, 0.1) is 0 Å². The topological polar surface area (TPSA) is 60.9 Å². The summed E-state index contributed by atoms with van der Waals surface area (Å²) in [5.41, 5.74) is 0.544. The highest BCUT2D eigenvalue weighted by molar-refractivity contribution is 5.93. The predicted molar refractivity (Wildman–Crippen MR) is 78.9 cm³/mol. The van der Waals surface area contributed by atoms with E-state index in [1.165, 1.54) is 34.1 Å². The van der Waals surface area contributed by atoms with Crippen molar-refractivity contribution in [3.05, 3.63) is 30.1 Å². The van der Waals surface area contributed by atoms with Crippen LogP contribution in [0.5, 0.6) is 0 Å². The second kappa shape index (κ2) is 7.61. The maximum atomic E-state index is 13.0. The normalized spacial score (nSPS) is 10.5. The van der Waals surface area contributed by atoms with Crippen LogP contribution in [0.15, 0.2) is 24.3 Å². The van der Waals surface area contributed by atoms with Crippen LogP contribution in [0.1, 0.15) is 20.8 Å². The van der Waals surface area contributed by atoms with Gasteiger partial charge in [0.25, 0.3) is 0 Å². The maximum absolute atomic E-state index is 13.0. The second-order valence-corrected chi connectivity index (χ2v) is 5.17. The summed E-state index contributed by atoms with van der Waals surface area (Å²) in [6.45, 7) is 5.98. The first-order valence-electron chi connectivity index (χ1n) is 6.89. The predicted octanol–water partition coefficient (Wildman–Crippen LogP) is 2.81. The quantitative estimate of drug-likeness (QED) is 0.878. The summed E-state index contributed by atoms with van der Waals surface area (Å²) in [5.74, 6) is -1.29. The fourth-order valence-electron chi connectivity index (χ4n) is 2.03. The van der Waals surface area contributed by atoms with Crippen LogP contribution in [0, 0.1) is 11.7 Å². The van der Waals surface area contributed by atoms with Gasteiger partial charge in [-0.3, -0.25) is 9.69 Å². The Labute approximate surface area is 124 Å². The lowest BCUT2D eigenvalue weighted by molar-refractivity contribution is -0.137. The summed E-state index contributed by atoms with van der Waals surface area (Å²) >= 11 is 0. The van der Waals surface area contributed by atoms with Crippen LogP contribution in [0.4, 0.5) is 14.9 Å². The van der Waals surface area contributed by atoms with Crippen LogP contribution in [-0.2, 0) is 4.79 Å². The number of aliphatic carboxylic acids is 1. The molecule has 0 bridgehead atoms. The average Bonchev–Trinajstić information content (AvgIpc) is 2.39. The van der Waals surface area contributed by atoms with E-state index in [2.05, 4.69) is 0 Å². The zero-order valence-electron chi connectivity index (χ0n) is 12.5. The molecule has 0 atom stereocenters. The number of hydrogen-bond donors (Lipinski definition) is 1. The SMILES string of the molecule is CCN(C(=O)N(CC(=O)O)CC(C)C)c1ccc(F)cc1. The number of carboxylic acids is 1. The highest BCUT2D eigenvalue weighted by atomic mass is 19.1. The average molecular weight is 296 g/mol. The molecule has 6 heteroatoms. The Morgan fingerprint density at radius 3 is 2.24 bits per heavy atom. The fourth-order valence-corrected chi connectivity index (χ4v) is 2.03. The number of urea groups is 1. The molecule has 0 saturated carbocycles. The van der Waals surface area contributed by atoms with Crippen LogP contribution in [0.2, 0.25) is 0 Å². The fraction of sp³-hybridized carbons (Fsp3) is 0.467. The number of carbonyl (C=O) groups excluding carboxylic acids is 1. The molecule has 0 aliphatic rings. The standard InChI is InChI=1S/C15H21FN2O3/c1-4-18(13-7-5-12(16)6-8-13)15(21)17(9-11(2)3)10-14(19)20/h5-8,11H,4,9-10H2,1-3H3,(H,19,20). The van der Waals surface area contributed by atoms with Gasteiger partial charge in [0.2, 0.25) is 0 Å². The molecule has 0 radical (unpaired) electrons. The van der Waals surface area contributed by atoms with Gasteiger partial charge >= 0.3 is 12.0 Å². The molecule has 1 rings (SSSR count). The van der Waals surface area contributed by atoms with Crippen LogP contribution in [0.3, 0.4) is 0 Å². The molecule has 21 heavy (non-hydrogen) atoms. The molecule has 0 fully saturated rings. The van der Waals surface area contributed by atoms with Crippen molar-refractivity contribution in [2.45, 2.75) is 20.8 Å². The number of carbonyl (C=O) groups is 2. The van der Waals surface area contributed by atoms with Crippen LogP contribution < -0.4 is 4.90 Å². The summed E-state index contributed by atoms with van der Waals surface area (Å²) in [6, 6.07) is 5.17. The van der Waals surface area contributed by atoms with Gasteiger partial charge in [-0.1, -0.05) is 13.8 Å². The Balaban J connectivity index is 2.97. The van der Waals surface area contributed by atoms with Gasteiger partial charge < -0.3 is 10.0 Å². The van der Waals surface area contributed by atoms with E-state index in [4.69, 9.17) is 5.11 Å². The molecule has 0 saturated heterocycles. The molecule has 5 nitrogen and oxygen atoms in total. The summed E-state index contributed by atoms with van der Waals surface area (Å²) < 4.78 is 13.0. The second-order valence-electron chi connectivity index (χ2n) is 5.17. The largest absolute Gasteiger partial charge is 0.480 e. The highest BCUT2D eigenvalue weighted by Crippen LogP contribution is 2.17. The van der Waals surface area contributed by atoms with E-state index in [0.29, 0.717) is 18.8 Å². The first kappa shape index (κ1) is 16.9. The van der Waals surface area contributed by atoms with Gasteiger partial charge in [0, 0.05) is 18.8 Å². The molecule has 1 N–H and O–H groups in total. The molecule has 0 aliphatic carbocycles. The van der Waals surface area contributed by atoms with Crippen molar-refractivity contribution in [2.24, 2.45) is 5.92 Å². The number of halogens is 1. The third-order valence-electron chi connectivity index (χ3n) is 2.87. The van der Waals surface area contributed by atoms with Crippen molar-refractivity contribution < 1.29 is 19.1 Å². The van der Waals surface area contributed by atoms with E-state index in [1.54, 1.807) is 6.92 Å². The third-order valence-corrected chi connectivity index (χ3v) is 2.87. The number of hydrogen-bond acceptors (Lipinski definition) is 2. The molecule has 0 aromatic heterocycles. The molecule has 2 amide bonds. The minimum absolute atomic E-state index is 0.153. The number of carboxylic acid groups (broad SMARTS) is 1. The van der Waals surface area contributed by atoms with E-state index in [1.807, 2.05) is 13.8 Å². The van der Waals surface area contributed by atoms with Gasteiger partial charge in [-0.25, -0.2) is 9.18 Å². The summed E-state index contributed by atoms with van der Waals surface area (Å²) in [5, 5.41) is 8.95. The van der Waals surface area contributed by atoms with E-state index < -0.39 is 5.97 Å². The molecule has 0 unspecified atom stereocenters. The zero-order valence-corrected chi connectivity index (χ0v) is 12.5. The first-order valence-corrected chi connectivity index (χ1v) is 6.89. The Morgan fingerprint density at radius 2 is 1.81 bits per heavy atom. The minimum Gasteiger partial charge on any atom is -0.480 e. The van der Waals surface area contributed by atoms with Gasteiger partial charge in [0.15, 0.2) is 0 Å². The molecule has 0 aliphatic heterocycles. The van der Waals surface area contributed by atoms with Gasteiger partial charge in [0.1, 0.15) is 12.4 Å². The lowest BCUT2D eigenvalue weighted by Gasteiger charge is -2.30. The number of benzene rings is 1. The summed E-state index contributed by atoms with van der Waals surface area (Å²) in [4.78, 5) is 26.2. The highest BCUT2D eigenvalue weighted by Gasteiger charge is 2.23. The molecule has 1 aromatic carbocycles. The number of amides is 2. The Morgan fingerprint density at radius 1 is 1.24 bits per heavy atom. The van der Waals surface area contributed by atoms with Crippen LogP contribution in [-0.4, -0.2) is 41.6 Å². The lowest BCUT2D eigenvalue weighted by atomic mass is 10.2. The van der Waals surface area contributed by atoms with Gasteiger partial charge in [-0.15, -0.1) is 0 Å². The smallest absolute Gasteiger partial charge is 0.325 e. The number of nitrogens with zero attached hydrogens (tertiary/aromatic N) is 2. The molecule has 1 aromatic rings. The van der Waals surface area contributed by atoms with Crippen molar-refractivity contribution in [3.63, 3.8) is 0 Å².